The van der Waals surface area contributed by atoms with Crippen molar-refractivity contribution >= 4 is 24.0 Å². The fraction of sp³-hybridized carbons (Fsp3) is 0.407. The highest BCUT2D eigenvalue weighted by molar-refractivity contribution is 5.87. The number of methoxy groups -OCH3 is 1. The van der Waals surface area contributed by atoms with E-state index < -0.39 is 24.3 Å². The summed E-state index contributed by atoms with van der Waals surface area (Å²) in [6.07, 6.45) is 4.82. The van der Waals surface area contributed by atoms with Crippen LogP contribution in [0.4, 0.5) is 9.59 Å². The lowest BCUT2D eigenvalue weighted by Gasteiger charge is -2.29. The average Bonchev–Trinajstić information content (AvgIpc) is 4.21. The van der Waals surface area contributed by atoms with Gasteiger partial charge in [0.15, 0.2) is 6.10 Å². The number of H-pyrrole nitrogens is 2. The lowest BCUT2D eigenvalue weighted by molar-refractivity contribution is -0.143. The third kappa shape index (κ3) is 10.2. The highest BCUT2D eigenvalue weighted by Crippen LogP contribution is 2.38. The van der Waals surface area contributed by atoms with E-state index in [2.05, 4.69) is 131 Å². The number of carbonyl (C=O) groups excluding carboxylic acids is 4. The molecule has 3 aromatic heterocycles. The highest BCUT2D eigenvalue weighted by atomic mass is 16.6. The van der Waals surface area contributed by atoms with Crippen LogP contribution in [0.5, 0.6) is 0 Å². The molecule has 362 valence electrons. The molecule has 0 radical (unpaired) electrons. The molecule has 15 nitrogen and oxygen atoms in total. The maximum absolute atomic E-state index is 13.7. The first kappa shape index (κ1) is 48.3. The zero-order chi connectivity index (χ0) is 49.1. The number of aromatic amines is 2. The largest absolute Gasteiger partial charge is 0.453 e. The van der Waals surface area contributed by atoms with Crippen molar-refractivity contribution in [1.29, 1.82) is 0 Å². The van der Waals surface area contributed by atoms with E-state index >= 15 is 0 Å². The van der Waals surface area contributed by atoms with Crippen molar-refractivity contribution in [2.75, 3.05) is 27.2 Å². The minimum Gasteiger partial charge on any atom is -0.453 e. The third-order valence-corrected chi connectivity index (χ3v) is 13.4. The molecule has 0 spiro atoms. The smallest absolute Gasteiger partial charge is 0.407 e. The number of aromatic nitrogens is 5. The Bertz CT molecular complexity index is 2620. The molecule has 0 bridgehead atoms. The first-order valence-electron chi connectivity index (χ1n) is 24.0. The van der Waals surface area contributed by atoms with E-state index in [1.54, 1.807) is 4.90 Å². The van der Waals surface area contributed by atoms with Gasteiger partial charge >= 0.3 is 12.2 Å². The van der Waals surface area contributed by atoms with Gasteiger partial charge in [-0.25, -0.2) is 19.6 Å². The van der Waals surface area contributed by atoms with Gasteiger partial charge in [-0.2, -0.15) is 0 Å². The van der Waals surface area contributed by atoms with Crippen molar-refractivity contribution < 1.29 is 28.7 Å². The molecule has 2 saturated heterocycles. The van der Waals surface area contributed by atoms with Gasteiger partial charge in [0.2, 0.25) is 5.91 Å². The number of amides is 4. The Balaban J connectivity index is 1.05. The second-order valence-electron chi connectivity index (χ2n) is 19.8. The van der Waals surface area contributed by atoms with Gasteiger partial charge in [0, 0.05) is 49.3 Å². The molecule has 2 aliphatic heterocycles. The second-order valence-corrected chi connectivity index (χ2v) is 19.8. The third-order valence-electron chi connectivity index (χ3n) is 13.4. The van der Waals surface area contributed by atoms with Gasteiger partial charge < -0.3 is 44.4 Å². The Morgan fingerprint density at radius 3 is 1.65 bits per heavy atom. The summed E-state index contributed by atoms with van der Waals surface area (Å²) in [5.74, 6) is 0.751. The molecule has 4 amide bonds. The molecule has 0 saturated carbocycles. The molecule has 69 heavy (non-hydrogen) atoms. The minimum absolute atomic E-state index is 0.0607. The summed E-state index contributed by atoms with van der Waals surface area (Å²) >= 11 is 0. The predicted octanol–water partition coefficient (Wildman–Crippen LogP) is 9.98. The second kappa shape index (κ2) is 20.2. The zero-order valence-electron chi connectivity index (χ0n) is 41.1. The van der Waals surface area contributed by atoms with Crippen molar-refractivity contribution in [2.24, 2.45) is 11.8 Å². The summed E-state index contributed by atoms with van der Waals surface area (Å²) in [6.45, 7) is 15.4. The predicted molar refractivity (Wildman–Crippen MR) is 266 cm³/mol. The van der Waals surface area contributed by atoms with Crippen molar-refractivity contribution in [3.8, 4) is 50.7 Å². The Kier molecular flexibility index (Phi) is 14.1. The number of nitrogens with zero attached hydrogens (tertiary/aromatic N) is 5. The fourth-order valence-electron chi connectivity index (χ4n) is 9.53. The summed E-state index contributed by atoms with van der Waals surface area (Å²) in [4.78, 5) is 72.0. The van der Waals surface area contributed by atoms with Crippen LogP contribution in [0.2, 0.25) is 0 Å². The Labute approximate surface area is 404 Å². The van der Waals surface area contributed by atoms with Crippen LogP contribution in [-0.2, 0) is 24.5 Å². The molecular formula is C54H65N9O6. The van der Waals surface area contributed by atoms with E-state index in [1.165, 1.54) is 19.7 Å². The molecule has 15 heteroatoms. The number of hydrogen-bond donors (Lipinski definition) is 4. The van der Waals surface area contributed by atoms with Crippen molar-refractivity contribution in [3.05, 3.63) is 115 Å². The number of likely N-dealkylation sites (tertiary alicyclic amines) is 2. The van der Waals surface area contributed by atoms with Gasteiger partial charge in [0.1, 0.15) is 17.7 Å². The molecule has 8 rings (SSSR count). The lowest BCUT2D eigenvalue weighted by atomic mass is 9.87. The Hall–Kier alpha value is -7.16. The lowest BCUT2D eigenvalue weighted by Crippen LogP contribution is -2.51. The van der Waals surface area contributed by atoms with E-state index in [0.717, 1.165) is 82.2 Å². The Morgan fingerprint density at radius 2 is 1.19 bits per heavy atom. The monoisotopic (exact) mass is 936 g/mol. The standard InChI is InChI=1S/C54H65N9O6/c1-32(2)46(60-53(67)68-9)50(64)61-27-11-15-44(61)48-56-30-40(58-48)34-17-21-36(22-18-34)42-25-26-43(63(42)39-14-10-13-38(29-39)54(5,6)7)37-23-19-35(20-24-37)41-31-57-49(59-41)45-16-12-28-62(45)51(65)47(33(3)4)69-52(66)55-8/h10,13-14,17-26,29-33,44-47H,11-12,15-16,27-28H2,1-9H3,(H,55,66)(H,56,58)(H,57,59)(H,60,67)/t44-,45-,46-,47-/m0/s1. The van der Waals surface area contributed by atoms with E-state index in [1.807, 2.05) is 45.0 Å². The van der Waals surface area contributed by atoms with E-state index in [4.69, 9.17) is 19.4 Å². The average molecular weight is 936 g/mol. The molecule has 4 N–H and O–H groups in total. The van der Waals surface area contributed by atoms with Gasteiger partial charge in [0.05, 0.1) is 42.0 Å². The van der Waals surface area contributed by atoms with Crippen molar-refractivity contribution in [3.63, 3.8) is 0 Å². The first-order valence-corrected chi connectivity index (χ1v) is 24.0. The number of hydrogen-bond acceptors (Lipinski definition) is 8. The summed E-state index contributed by atoms with van der Waals surface area (Å²) in [5, 5.41) is 5.18. The summed E-state index contributed by atoms with van der Waals surface area (Å²) < 4.78 is 12.6. The number of imidazole rings is 2. The Morgan fingerprint density at radius 1 is 0.681 bits per heavy atom. The molecule has 3 aromatic carbocycles. The zero-order valence-corrected chi connectivity index (χ0v) is 41.1. The topological polar surface area (TPSA) is 180 Å². The van der Waals surface area contributed by atoms with Crippen LogP contribution in [0.1, 0.15) is 103 Å². The maximum atomic E-state index is 13.7. The molecule has 6 aromatic rings. The van der Waals surface area contributed by atoms with Gasteiger partial charge in [-0.1, -0.05) is 109 Å². The van der Waals surface area contributed by atoms with Crippen molar-refractivity contribution in [2.45, 2.75) is 104 Å². The first-order chi connectivity index (χ1) is 33.1. The number of nitrogens with one attached hydrogen (secondary N) is 4. The number of benzene rings is 3. The van der Waals surface area contributed by atoms with E-state index in [0.29, 0.717) is 18.9 Å². The fourth-order valence-corrected chi connectivity index (χ4v) is 9.53. The summed E-state index contributed by atoms with van der Waals surface area (Å²) in [5.41, 5.74) is 9.78. The van der Waals surface area contributed by atoms with Gasteiger partial charge in [0.25, 0.3) is 5.91 Å². The van der Waals surface area contributed by atoms with Crippen LogP contribution >= 0.6 is 0 Å². The quantitative estimate of drug-likeness (QED) is 0.0884. The molecule has 0 unspecified atom stereocenters. The van der Waals surface area contributed by atoms with Gasteiger partial charge in [-0.3, -0.25) is 9.59 Å². The molecule has 2 fully saturated rings. The van der Waals surface area contributed by atoms with Crippen LogP contribution in [0.25, 0.3) is 50.7 Å². The number of ether oxygens (including phenoxy) is 2. The SMILES string of the molecule is CNC(=O)O[C@H](C(=O)N1CCC[C@H]1c1nc(-c2ccc(-c3ccc(-c4ccc(-c5c[nH]c([C@@H]6CCCN6C(=O)[C@@H](NC(=O)OC)C(C)C)n5)cc4)n3-c3cccc(C(C)(C)C)c3)cc2)c[nH]1)C(C)C. The number of alkyl carbamates (subject to hydrolysis) is 2. The van der Waals surface area contributed by atoms with E-state index in [-0.39, 0.29) is 41.1 Å². The van der Waals surface area contributed by atoms with Crippen LogP contribution in [0.15, 0.2) is 97.3 Å². The van der Waals surface area contributed by atoms with Crippen LogP contribution < -0.4 is 10.6 Å². The minimum atomic E-state index is -0.892. The molecule has 2 aliphatic rings. The molecule has 0 aliphatic carbocycles. The molecular weight excluding hydrogens is 871 g/mol. The van der Waals surface area contributed by atoms with Crippen LogP contribution in [-0.4, -0.2) is 97.7 Å². The number of rotatable bonds is 13. The normalized spacial score (nSPS) is 17.0. The molecule has 4 atom stereocenters. The van der Waals surface area contributed by atoms with Gasteiger partial charge in [-0.15, -0.1) is 0 Å². The van der Waals surface area contributed by atoms with E-state index in [9.17, 15) is 19.2 Å². The highest BCUT2D eigenvalue weighted by Gasteiger charge is 2.39. The van der Waals surface area contributed by atoms with Crippen molar-refractivity contribution in [1.82, 2.24) is 44.9 Å². The van der Waals surface area contributed by atoms with Gasteiger partial charge in [-0.05, 0) is 83.9 Å². The maximum Gasteiger partial charge on any atom is 0.407 e. The number of carbonyl (C=O) groups is 4. The summed E-state index contributed by atoms with van der Waals surface area (Å²) in [7, 11) is 2.78. The van der Waals surface area contributed by atoms with Crippen LogP contribution in [0, 0.1) is 11.8 Å². The summed E-state index contributed by atoms with van der Waals surface area (Å²) in [6, 6.07) is 28.7. The molecule has 5 heterocycles. The van der Waals surface area contributed by atoms with Crippen LogP contribution in [0.3, 0.4) is 0 Å².